The molecular formula is C15H13Cl2N5O. The lowest BCUT2D eigenvalue weighted by Crippen LogP contribution is -2.27. The molecule has 0 saturated heterocycles. The molecule has 0 bridgehead atoms. The number of benzene rings is 1. The van der Waals surface area contributed by atoms with E-state index in [4.69, 9.17) is 23.2 Å². The highest BCUT2D eigenvalue weighted by atomic mass is 35.5. The Bertz CT molecular complexity index is 893. The van der Waals surface area contributed by atoms with Gasteiger partial charge in [0.2, 0.25) is 5.82 Å². The Morgan fingerprint density at radius 3 is 2.78 bits per heavy atom. The predicted molar refractivity (Wildman–Crippen MR) is 87.9 cm³/mol. The molecule has 0 spiro atoms. The number of aryl methyl sites for hydroxylation is 1. The first-order valence-electron chi connectivity index (χ1n) is 6.90. The van der Waals surface area contributed by atoms with Gasteiger partial charge < -0.3 is 5.32 Å². The molecule has 0 aliphatic carbocycles. The van der Waals surface area contributed by atoms with E-state index in [1.807, 2.05) is 13.8 Å². The number of carbonyl (C=O) groups is 1. The Balaban J connectivity index is 1.83. The van der Waals surface area contributed by atoms with E-state index in [0.29, 0.717) is 15.8 Å². The van der Waals surface area contributed by atoms with Gasteiger partial charge in [0.05, 0.1) is 6.04 Å². The molecule has 1 amide bonds. The molecule has 8 heteroatoms. The van der Waals surface area contributed by atoms with Crippen molar-refractivity contribution in [1.82, 2.24) is 24.9 Å². The molecule has 6 nitrogen and oxygen atoms in total. The Labute approximate surface area is 142 Å². The second kappa shape index (κ2) is 6.14. The summed E-state index contributed by atoms with van der Waals surface area (Å²) in [6.45, 7) is 3.69. The Kier molecular flexibility index (Phi) is 4.19. The predicted octanol–water partition coefficient (Wildman–Crippen LogP) is 3.23. The molecule has 3 rings (SSSR count). The summed E-state index contributed by atoms with van der Waals surface area (Å²) in [5, 5.41) is 8.03. The van der Waals surface area contributed by atoms with Crippen LogP contribution in [-0.2, 0) is 0 Å². The van der Waals surface area contributed by atoms with Gasteiger partial charge in [0.15, 0.2) is 0 Å². The van der Waals surface area contributed by atoms with Crippen molar-refractivity contribution in [3.05, 3.63) is 57.6 Å². The maximum Gasteiger partial charge on any atom is 0.291 e. The summed E-state index contributed by atoms with van der Waals surface area (Å²) in [5.41, 5.74) is 1.61. The summed E-state index contributed by atoms with van der Waals surface area (Å²) in [7, 11) is 0. The van der Waals surface area contributed by atoms with Crippen molar-refractivity contribution in [3.8, 4) is 0 Å². The van der Waals surface area contributed by atoms with Crippen LogP contribution in [0.5, 0.6) is 0 Å². The van der Waals surface area contributed by atoms with Crippen molar-refractivity contribution in [2.24, 2.45) is 0 Å². The van der Waals surface area contributed by atoms with Crippen LogP contribution in [-0.4, -0.2) is 25.5 Å². The average molecular weight is 350 g/mol. The lowest BCUT2D eigenvalue weighted by molar-refractivity contribution is 0.0929. The van der Waals surface area contributed by atoms with Crippen LogP contribution in [0.1, 0.15) is 34.8 Å². The van der Waals surface area contributed by atoms with E-state index in [1.165, 1.54) is 4.52 Å². The van der Waals surface area contributed by atoms with E-state index in [9.17, 15) is 4.79 Å². The van der Waals surface area contributed by atoms with Crippen molar-refractivity contribution >= 4 is 34.9 Å². The Hall–Kier alpha value is -2.18. The highest BCUT2D eigenvalue weighted by Gasteiger charge is 2.18. The summed E-state index contributed by atoms with van der Waals surface area (Å²) in [6.07, 6.45) is 1.62. The van der Waals surface area contributed by atoms with Crippen LogP contribution in [0.15, 0.2) is 30.5 Å². The highest BCUT2D eigenvalue weighted by Crippen LogP contribution is 2.26. The zero-order chi connectivity index (χ0) is 16.6. The number of fused-ring (bicyclic) bond motifs is 1. The lowest BCUT2D eigenvalue weighted by atomic mass is 10.1. The van der Waals surface area contributed by atoms with Gasteiger partial charge in [0.25, 0.3) is 11.7 Å². The number of carbonyl (C=O) groups excluding carboxylic acids is 1. The molecule has 0 aliphatic heterocycles. The van der Waals surface area contributed by atoms with Crippen LogP contribution in [0.2, 0.25) is 10.0 Å². The van der Waals surface area contributed by atoms with E-state index in [1.54, 1.807) is 30.5 Å². The molecule has 2 aromatic heterocycles. The summed E-state index contributed by atoms with van der Waals surface area (Å²) in [6, 6.07) is 6.62. The number of nitrogens with one attached hydrogen (secondary N) is 1. The topological polar surface area (TPSA) is 72.2 Å². The molecule has 1 N–H and O–H groups in total. The van der Waals surface area contributed by atoms with Gasteiger partial charge in [-0.15, -0.1) is 5.10 Å². The fourth-order valence-corrected chi connectivity index (χ4v) is 2.77. The number of hydrogen-bond donors (Lipinski definition) is 1. The van der Waals surface area contributed by atoms with Gasteiger partial charge >= 0.3 is 0 Å². The normalized spacial score (nSPS) is 12.3. The third-order valence-electron chi connectivity index (χ3n) is 3.41. The van der Waals surface area contributed by atoms with Crippen molar-refractivity contribution in [1.29, 1.82) is 0 Å². The van der Waals surface area contributed by atoms with Crippen LogP contribution < -0.4 is 5.32 Å². The first kappa shape index (κ1) is 15.7. The maximum atomic E-state index is 12.3. The van der Waals surface area contributed by atoms with Crippen LogP contribution in [0.4, 0.5) is 0 Å². The minimum atomic E-state index is -0.395. The molecule has 0 radical (unpaired) electrons. The minimum absolute atomic E-state index is 0.0590. The standard InChI is InChI=1S/C15H13Cl2N5O/c1-8-5-6-18-15-20-13(21-22(8)15)14(23)19-9(2)11-4-3-10(16)7-12(11)17/h3-7,9H,1-2H3,(H,19,23)/t9-/m1/s1. The van der Waals surface area contributed by atoms with Gasteiger partial charge in [0.1, 0.15) is 0 Å². The zero-order valence-corrected chi connectivity index (χ0v) is 13.9. The summed E-state index contributed by atoms with van der Waals surface area (Å²) in [5.74, 6) is 0.0458. The molecule has 2 heterocycles. The average Bonchev–Trinajstić information content (AvgIpc) is 2.92. The first-order chi connectivity index (χ1) is 11.0. The molecule has 0 fully saturated rings. The molecule has 0 saturated carbocycles. The molecule has 1 aromatic carbocycles. The van der Waals surface area contributed by atoms with Gasteiger partial charge in [0, 0.05) is 21.9 Å². The fraction of sp³-hybridized carbons (Fsp3) is 0.200. The van der Waals surface area contributed by atoms with Crippen LogP contribution in [0, 0.1) is 6.92 Å². The molecule has 1 atom stereocenters. The monoisotopic (exact) mass is 349 g/mol. The first-order valence-corrected chi connectivity index (χ1v) is 7.65. The van der Waals surface area contributed by atoms with Gasteiger partial charge in [-0.25, -0.2) is 9.50 Å². The molecule has 118 valence electrons. The number of aromatic nitrogens is 4. The number of amides is 1. The minimum Gasteiger partial charge on any atom is -0.343 e. The van der Waals surface area contributed by atoms with Crippen LogP contribution in [0.25, 0.3) is 5.78 Å². The number of rotatable bonds is 3. The highest BCUT2D eigenvalue weighted by molar-refractivity contribution is 6.35. The largest absolute Gasteiger partial charge is 0.343 e. The van der Waals surface area contributed by atoms with E-state index < -0.39 is 5.91 Å². The van der Waals surface area contributed by atoms with E-state index in [2.05, 4.69) is 20.4 Å². The lowest BCUT2D eigenvalue weighted by Gasteiger charge is -2.14. The number of nitrogens with zero attached hydrogens (tertiary/aromatic N) is 4. The van der Waals surface area contributed by atoms with Crippen molar-refractivity contribution in [2.75, 3.05) is 0 Å². The molecule has 0 aliphatic rings. The zero-order valence-electron chi connectivity index (χ0n) is 12.4. The molecule has 0 unspecified atom stereocenters. The van der Waals surface area contributed by atoms with E-state index in [0.717, 1.165) is 11.3 Å². The van der Waals surface area contributed by atoms with Crippen molar-refractivity contribution < 1.29 is 4.79 Å². The Morgan fingerprint density at radius 1 is 1.30 bits per heavy atom. The third kappa shape index (κ3) is 3.13. The number of hydrogen-bond acceptors (Lipinski definition) is 4. The maximum absolute atomic E-state index is 12.3. The van der Waals surface area contributed by atoms with Gasteiger partial charge in [-0.1, -0.05) is 29.3 Å². The van der Waals surface area contributed by atoms with E-state index >= 15 is 0 Å². The summed E-state index contributed by atoms with van der Waals surface area (Å²) < 4.78 is 1.52. The fourth-order valence-electron chi connectivity index (χ4n) is 2.19. The van der Waals surface area contributed by atoms with Gasteiger partial charge in [-0.05, 0) is 37.6 Å². The van der Waals surface area contributed by atoms with E-state index in [-0.39, 0.29) is 11.9 Å². The van der Waals surface area contributed by atoms with Crippen molar-refractivity contribution in [2.45, 2.75) is 19.9 Å². The van der Waals surface area contributed by atoms with Crippen LogP contribution >= 0.6 is 23.2 Å². The SMILES string of the molecule is Cc1ccnc2nc(C(=O)N[C@H](C)c3ccc(Cl)cc3Cl)nn12. The third-order valence-corrected chi connectivity index (χ3v) is 3.97. The van der Waals surface area contributed by atoms with Gasteiger partial charge in [-0.2, -0.15) is 4.98 Å². The van der Waals surface area contributed by atoms with Crippen molar-refractivity contribution in [3.63, 3.8) is 0 Å². The summed E-state index contributed by atoms with van der Waals surface area (Å²) in [4.78, 5) is 20.6. The molecule has 23 heavy (non-hydrogen) atoms. The number of halogens is 2. The van der Waals surface area contributed by atoms with Crippen LogP contribution in [0.3, 0.4) is 0 Å². The smallest absolute Gasteiger partial charge is 0.291 e. The quantitative estimate of drug-likeness (QED) is 0.787. The van der Waals surface area contributed by atoms with Gasteiger partial charge in [-0.3, -0.25) is 4.79 Å². The Morgan fingerprint density at radius 2 is 2.09 bits per heavy atom. The second-order valence-electron chi connectivity index (χ2n) is 5.09. The summed E-state index contributed by atoms with van der Waals surface area (Å²) >= 11 is 12.0. The second-order valence-corrected chi connectivity index (χ2v) is 5.94. The molecular weight excluding hydrogens is 337 g/mol. The molecule has 3 aromatic rings.